The van der Waals surface area contributed by atoms with E-state index in [1.807, 2.05) is 36.4 Å². The van der Waals surface area contributed by atoms with Gasteiger partial charge in [0.05, 0.1) is 4.90 Å². The van der Waals surface area contributed by atoms with Crippen molar-refractivity contribution in [2.75, 3.05) is 6.26 Å². The summed E-state index contributed by atoms with van der Waals surface area (Å²) in [6.07, 6.45) is 1.21. The smallest absolute Gasteiger partial charge is 0.175 e. The summed E-state index contributed by atoms with van der Waals surface area (Å²) >= 11 is 5.87. The van der Waals surface area contributed by atoms with Crippen molar-refractivity contribution in [2.24, 2.45) is 0 Å². The zero-order valence-corrected chi connectivity index (χ0v) is 13.6. The predicted octanol–water partition coefficient (Wildman–Crippen LogP) is 3.59. The maximum Gasteiger partial charge on any atom is 0.175 e. The number of hydrogen-bond acceptors (Lipinski definition) is 3. The molecule has 0 aromatic heterocycles. The third-order valence-corrected chi connectivity index (χ3v) is 4.71. The van der Waals surface area contributed by atoms with E-state index < -0.39 is 9.84 Å². The molecular formula is C16H18ClNO2S. The molecule has 1 unspecified atom stereocenters. The molecule has 0 amide bonds. The van der Waals surface area contributed by atoms with Gasteiger partial charge in [0.25, 0.3) is 0 Å². The van der Waals surface area contributed by atoms with Crippen LogP contribution < -0.4 is 5.32 Å². The van der Waals surface area contributed by atoms with Crippen LogP contribution in [0.25, 0.3) is 0 Å². The van der Waals surface area contributed by atoms with Gasteiger partial charge >= 0.3 is 0 Å². The molecule has 0 radical (unpaired) electrons. The summed E-state index contributed by atoms with van der Waals surface area (Å²) in [6.45, 7) is 2.75. The molecule has 3 nitrogen and oxygen atoms in total. The van der Waals surface area contributed by atoms with Gasteiger partial charge in [-0.2, -0.15) is 0 Å². The van der Waals surface area contributed by atoms with E-state index in [0.29, 0.717) is 11.4 Å². The lowest BCUT2D eigenvalue weighted by atomic mass is 10.1. The average Bonchev–Trinajstić information content (AvgIpc) is 2.45. The Balaban J connectivity index is 1.98. The number of halogens is 1. The van der Waals surface area contributed by atoms with Crippen molar-refractivity contribution >= 4 is 21.4 Å². The van der Waals surface area contributed by atoms with Gasteiger partial charge in [0.15, 0.2) is 9.84 Å². The fraction of sp³-hybridized carbons (Fsp3) is 0.250. The standard InChI is InChI=1S/C16H18ClNO2S/c1-12(14-5-7-15(17)8-6-14)18-11-13-3-9-16(10-4-13)21(2,19)20/h3-10,12,18H,11H2,1-2H3. The first kappa shape index (κ1) is 16.0. The Kier molecular flexibility index (Phi) is 5.04. The van der Waals surface area contributed by atoms with Crippen LogP contribution in [0.1, 0.15) is 24.1 Å². The Morgan fingerprint density at radius 1 is 1.05 bits per heavy atom. The van der Waals surface area contributed by atoms with Crippen LogP contribution in [-0.4, -0.2) is 14.7 Å². The van der Waals surface area contributed by atoms with Crippen LogP contribution in [0.5, 0.6) is 0 Å². The van der Waals surface area contributed by atoms with E-state index >= 15 is 0 Å². The van der Waals surface area contributed by atoms with Gasteiger partial charge in [-0.3, -0.25) is 0 Å². The minimum Gasteiger partial charge on any atom is -0.306 e. The van der Waals surface area contributed by atoms with Gasteiger partial charge in [-0.05, 0) is 42.3 Å². The molecule has 5 heteroatoms. The summed E-state index contributed by atoms with van der Waals surface area (Å²) in [4.78, 5) is 0.344. The quantitative estimate of drug-likeness (QED) is 0.914. The fourth-order valence-electron chi connectivity index (χ4n) is 1.99. The van der Waals surface area contributed by atoms with E-state index in [1.54, 1.807) is 12.1 Å². The SMILES string of the molecule is CC(NCc1ccc(S(C)(=O)=O)cc1)c1ccc(Cl)cc1. The van der Waals surface area contributed by atoms with E-state index in [-0.39, 0.29) is 6.04 Å². The molecule has 0 heterocycles. The highest BCUT2D eigenvalue weighted by atomic mass is 35.5. The number of nitrogens with one attached hydrogen (secondary N) is 1. The Hall–Kier alpha value is -1.36. The van der Waals surface area contributed by atoms with Crippen molar-refractivity contribution < 1.29 is 8.42 Å². The van der Waals surface area contributed by atoms with Crippen molar-refractivity contribution in [1.29, 1.82) is 0 Å². The van der Waals surface area contributed by atoms with Crippen molar-refractivity contribution in [1.82, 2.24) is 5.32 Å². The molecule has 0 aliphatic carbocycles. The van der Waals surface area contributed by atoms with Gasteiger partial charge in [-0.25, -0.2) is 8.42 Å². The number of benzene rings is 2. The summed E-state index contributed by atoms with van der Waals surface area (Å²) in [5.41, 5.74) is 2.20. The molecule has 0 aliphatic rings. The molecule has 0 aliphatic heterocycles. The van der Waals surface area contributed by atoms with Crippen molar-refractivity contribution in [2.45, 2.75) is 24.4 Å². The number of hydrogen-bond donors (Lipinski definition) is 1. The number of sulfone groups is 1. The first-order chi connectivity index (χ1) is 9.86. The van der Waals surface area contributed by atoms with E-state index in [2.05, 4.69) is 12.2 Å². The van der Waals surface area contributed by atoms with Gasteiger partial charge in [-0.1, -0.05) is 35.9 Å². The Morgan fingerprint density at radius 2 is 1.62 bits per heavy atom. The molecule has 2 aromatic carbocycles. The van der Waals surface area contributed by atoms with Crippen LogP contribution >= 0.6 is 11.6 Å². The summed E-state index contributed by atoms with van der Waals surface area (Å²) in [5, 5.41) is 4.12. The monoisotopic (exact) mass is 323 g/mol. The van der Waals surface area contributed by atoms with Crippen LogP contribution in [0.15, 0.2) is 53.4 Å². The van der Waals surface area contributed by atoms with Gasteiger partial charge < -0.3 is 5.32 Å². The third kappa shape index (κ3) is 4.56. The fourth-order valence-corrected chi connectivity index (χ4v) is 2.75. The number of rotatable bonds is 5. The third-order valence-electron chi connectivity index (χ3n) is 3.33. The molecule has 0 fully saturated rings. The highest BCUT2D eigenvalue weighted by Crippen LogP contribution is 2.17. The molecule has 0 saturated heterocycles. The van der Waals surface area contributed by atoms with E-state index in [9.17, 15) is 8.42 Å². The second-order valence-electron chi connectivity index (χ2n) is 5.07. The first-order valence-corrected chi connectivity index (χ1v) is 8.91. The van der Waals surface area contributed by atoms with Gasteiger partial charge in [0.1, 0.15) is 0 Å². The van der Waals surface area contributed by atoms with Gasteiger partial charge in [0.2, 0.25) is 0 Å². The zero-order chi connectivity index (χ0) is 15.5. The lowest BCUT2D eigenvalue weighted by Crippen LogP contribution is -2.18. The van der Waals surface area contributed by atoms with E-state index in [0.717, 1.165) is 16.1 Å². The predicted molar refractivity (Wildman–Crippen MR) is 86.3 cm³/mol. The highest BCUT2D eigenvalue weighted by molar-refractivity contribution is 7.90. The van der Waals surface area contributed by atoms with Gasteiger partial charge in [-0.15, -0.1) is 0 Å². The summed E-state index contributed by atoms with van der Waals surface area (Å²) in [6, 6.07) is 14.9. The summed E-state index contributed by atoms with van der Waals surface area (Å²) in [7, 11) is -3.13. The molecular weight excluding hydrogens is 306 g/mol. The molecule has 2 rings (SSSR count). The summed E-state index contributed by atoms with van der Waals surface area (Å²) in [5.74, 6) is 0. The Labute approximate surface area is 130 Å². The maximum atomic E-state index is 11.4. The van der Waals surface area contributed by atoms with Gasteiger partial charge in [0, 0.05) is 23.9 Å². The second-order valence-corrected chi connectivity index (χ2v) is 7.52. The van der Waals surface area contributed by atoms with Crippen LogP contribution in [0.2, 0.25) is 5.02 Å². The molecule has 0 spiro atoms. The largest absolute Gasteiger partial charge is 0.306 e. The van der Waals surface area contributed by atoms with Crippen molar-refractivity contribution in [3.05, 3.63) is 64.7 Å². The molecule has 2 aromatic rings. The van der Waals surface area contributed by atoms with Crippen LogP contribution in [0.4, 0.5) is 0 Å². The first-order valence-electron chi connectivity index (χ1n) is 6.64. The highest BCUT2D eigenvalue weighted by Gasteiger charge is 2.07. The maximum absolute atomic E-state index is 11.4. The average molecular weight is 324 g/mol. The van der Waals surface area contributed by atoms with E-state index in [4.69, 9.17) is 11.6 Å². The molecule has 112 valence electrons. The topological polar surface area (TPSA) is 46.2 Å². The second kappa shape index (κ2) is 6.60. The minimum atomic E-state index is -3.13. The van der Waals surface area contributed by atoms with Crippen molar-refractivity contribution in [3.8, 4) is 0 Å². The molecule has 21 heavy (non-hydrogen) atoms. The molecule has 1 N–H and O–H groups in total. The molecule has 1 atom stereocenters. The van der Waals surface area contributed by atoms with Crippen LogP contribution in [0, 0.1) is 0 Å². The van der Waals surface area contributed by atoms with E-state index in [1.165, 1.54) is 6.26 Å². The lowest BCUT2D eigenvalue weighted by molar-refractivity contribution is 0.574. The Bertz CT molecular complexity index is 694. The minimum absolute atomic E-state index is 0.192. The van der Waals surface area contributed by atoms with Crippen LogP contribution in [-0.2, 0) is 16.4 Å². The zero-order valence-electron chi connectivity index (χ0n) is 12.0. The Morgan fingerprint density at radius 3 is 2.14 bits per heavy atom. The molecule has 0 saturated carbocycles. The normalized spacial score (nSPS) is 13.1. The molecule has 0 bridgehead atoms. The van der Waals surface area contributed by atoms with Crippen molar-refractivity contribution in [3.63, 3.8) is 0 Å². The lowest BCUT2D eigenvalue weighted by Gasteiger charge is -2.14. The van der Waals surface area contributed by atoms with Crippen LogP contribution in [0.3, 0.4) is 0 Å². The summed E-state index contributed by atoms with van der Waals surface area (Å²) < 4.78 is 22.8.